The number of nitrogens with zero attached hydrogens (tertiary/aromatic N) is 2. The molecule has 0 amide bonds. The third-order valence-electron chi connectivity index (χ3n) is 5.77. The Morgan fingerprint density at radius 2 is 0.971 bits per heavy atom. The monoisotopic (exact) mass is 518 g/mol. The van der Waals surface area contributed by atoms with Crippen LogP contribution in [0.5, 0.6) is 0 Å². The quantitative estimate of drug-likeness (QED) is 0.167. The highest BCUT2D eigenvalue weighted by molar-refractivity contribution is 8.07. The van der Waals surface area contributed by atoms with Crippen molar-refractivity contribution in [2.75, 3.05) is 13.1 Å². The first-order valence-electron chi connectivity index (χ1n) is 13.0. The number of nitrogens with one attached hydrogen (secondary N) is 2. The van der Waals surface area contributed by atoms with Crippen LogP contribution in [0.2, 0.25) is 0 Å². The summed E-state index contributed by atoms with van der Waals surface area (Å²) in [5, 5.41) is 17.1. The van der Waals surface area contributed by atoms with E-state index in [9.17, 15) is 16.8 Å². The van der Waals surface area contributed by atoms with Crippen molar-refractivity contribution in [3.8, 4) is 12.1 Å². The summed E-state index contributed by atoms with van der Waals surface area (Å²) in [5.74, 6) is 0. The van der Waals surface area contributed by atoms with Gasteiger partial charge in [0.05, 0.1) is 12.1 Å². The van der Waals surface area contributed by atoms with Gasteiger partial charge in [0.1, 0.15) is 0 Å². The van der Waals surface area contributed by atoms with Crippen LogP contribution in [-0.4, -0.2) is 34.5 Å². The van der Waals surface area contributed by atoms with E-state index >= 15 is 0 Å². The molecule has 0 saturated carbocycles. The Kier molecular flexibility index (Phi) is 20.4. The van der Waals surface area contributed by atoms with Gasteiger partial charge in [-0.3, -0.25) is 0 Å². The van der Waals surface area contributed by atoms with Gasteiger partial charge in [0, 0.05) is 25.9 Å². The zero-order valence-electron chi connectivity index (χ0n) is 21.1. The molecule has 0 aliphatic carbocycles. The number of sulfonamides is 2. The molecule has 0 unspecified atom stereocenters. The van der Waals surface area contributed by atoms with Crippen molar-refractivity contribution in [3.63, 3.8) is 0 Å². The molecule has 0 spiro atoms. The number of hydrogen-bond acceptors (Lipinski definition) is 6. The van der Waals surface area contributed by atoms with E-state index in [0.717, 1.165) is 70.6 Å². The largest absolute Gasteiger partial charge is 0.230 e. The fraction of sp³-hybridized carbons (Fsp3) is 0.917. The average molecular weight is 519 g/mol. The molecule has 0 bridgehead atoms. The highest BCUT2D eigenvalue weighted by Gasteiger charge is 2.36. The fourth-order valence-electron chi connectivity index (χ4n) is 3.73. The Hall–Kier alpha value is -1.20. The molecular weight excluding hydrogens is 472 g/mol. The Balaban J connectivity index is 4.77. The highest BCUT2D eigenvalue weighted by atomic mass is 32.3. The molecule has 0 rings (SSSR count). The minimum absolute atomic E-state index is 0.0861. The standard InChI is InChI=1S/C24H46N4O4S2/c1-2-3-4-5-6-9-14-19-24(33(29,30)27-22-17-12-7-10-15-20-25)34(31,32)28-23-18-13-8-11-16-21-26/h24,27-28H,2-19,22-23H2,1H3. The van der Waals surface area contributed by atoms with Gasteiger partial charge in [-0.25, -0.2) is 26.3 Å². The maximum absolute atomic E-state index is 12.9. The van der Waals surface area contributed by atoms with Gasteiger partial charge in [-0.15, -0.1) is 0 Å². The second-order valence-corrected chi connectivity index (χ2v) is 13.1. The van der Waals surface area contributed by atoms with Gasteiger partial charge in [-0.05, 0) is 32.1 Å². The van der Waals surface area contributed by atoms with Crippen LogP contribution in [-0.2, 0) is 20.0 Å². The molecule has 0 radical (unpaired) electrons. The lowest BCUT2D eigenvalue weighted by molar-refractivity contribution is 0.533. The van der Waals surface area contributed by atoms with Crippen LogP contribution in [0.1, 0.15) is 122 Å². The zero-order valence-corrected chi connectivity index (χ0v) is 22.7. The molecule has 0 atom stereocenters. The van der Waals surface area contributed by atoms with Crippen molar-refractivity contribution in [1.82, 2.24) is 9.44 Å². The Morgan fingerprint density at radius 3 is 1.41 bits per heavy atom. The Bertz CT molecular complexity index is 729. The van der Waals surface area contributed by atoms with Crippen molar-refractivity contribution in [2.24, 2.45) is 0 Å². The van der Waals surface area contributed by atoms with Crippen LogP contribution in [0.25, 0.3) is 0 Å². The minimum atomic E-state index is -4.02. The van der Waals surface area contributed by atoms with E-state index in [1.54, 1.807) is 0 Å². The average Bonchev–Trinajstić information content (AvgIpc) is 2.79. The molecule has 0 fully saturated rings. The molecule has 0 aromatic carbocycles. The third-order valence-corrected chi connectivity index (χ3v) is 10.4. The first kappa shape index (κ1) is 32.8. The smallest absolute Gasteiger partial charge is 0.214 e. The summed E-state index contributed by atoms with van der Waals surface area (Å²) in [6.07, 6.45) is 14.1. The lowest BCUT2D eigenvalue weighted by Gasteiger charge is -2.19. The highest BCUT2D eigenvalue weighted by Crippen LogP contribution is 2.18. The lowest BCUT2D eigenvalue weighted by Crippen LogP contribution is -2.45. The summed E-state index contributed by atoms with van der Waals surface area (Å²) in [4.78, 5) is 0. The fourth-order valence-corrected chi connectivity index (χ4v) is 7.65. The van der Waals surface area contributed by atoms with Gasteiger partial charge in [0.2, 0.25) is 20.0 Å². The summed E-state index contributed by atoms with van der Waals surface area (Å²) >= 11 is 0. The Morgan fingerprint density at radius 1 is 0.588 bits per heavy atom. The molecule has 198 valence electrons. The summed E-state index contributed by atoms with van der Waals surface area (Å²) < 4.78 is 55.2. The minimum Gasteiger partial charge on any atom is -0.214 e. The van der Waals surface area contributed by atoms with Gasteiger partial charge in [-0.2, -0.15) is 10.5 Å². The number of nitriles is 2. The van der Waals surface area contributed by atoms with Gasteiger partial charge in [0.15, 0.2) is 4.58 Å². The van der Waals surface area contributed by atoms with E-state index in [1.165, 1.54) is 6.42 Å². The maximum Gasteiger partial charge on any atom is 0.230 e. The second-order valence-electron chi connectivity index (χ2n) is 8.86. The third kappa shape index (κ3) is 17.3. The zero-order chi connectivity index (χ0) is 25.5. The number of hydrogen-bond donors (Lipinski definition) is 2. The predicted octanol–water partition coefficient (Wildman–Crippen LogP) is 5.24. The molecule has 0 heterocycles. The normalized spacial score (nSPS) is 12.0. The van der Waals surface area contributed by atoms with Crippen molar-refractivity contribution in [1.29, 1.82) is 10.5 Å². The van der Waals surface area contributed by atoms with Crippen molar-refractivity contribution in [3.05, 3.63) is 0 Å². The molecule has 0 saturated heterocycles. The number of rotatable bonds is 24. The predicted molar refractivity (Wildman–Crippen MR) is 138 cm³/mol. The summed E-state index contributed by atoms with van der Waals surface area (Å²) in [7, 11) is -8.04. The molecule has 2 N–H and O–H groups in total. The first-order chi connectivity index (χ1) is 16.3. The number of unbranched alkanes of at least 4 members (excludes halogenated alkanes) is 14. The van der Waals surface area contributed by atoms with E-state index in [4.69, 9.17) is 10.5 Å². The molecule has 34 heavy (non-hydrogen) atoms. The Labute approximate surface area is 209 Å². The van der Waals surface area contributed by atoms with Crippen LogP contribution in [0.15, 0.2) is 0 Å². The molecule has 10 heteroatoms. The molecule has 0 aliphatic heterocycles. The summed E-state index contributed by atoms with van der Waals surface area (Å²) in [6.45, 7) is 2.56. The molecule has 0 aliphatic rings. The van der Waals surface area contributed by atoms with Crippen LogP contribution in [0.4, 0.5) is 0 Å². The second kappa shape index (κ2) is 21.1. The lowest BCUT2D eigenvalue weighted by atomic mass is 10.1. The van der Waals surface area contributed by atoms with E-state index in [0.29, 0.717) is 32.1 Å². The van der Waals surface area contributed by atoms with Crippen LogP contribution < -0.4 is 9.44 Å². The van der Waals surface area contributed by atoms with Gasteiger partial charge in [0.25, 0.3) is 0 Å². The van der Waals surface area contributed by atoms with Gasteiger partial charge in [-0.1, -0.05) is 77.6 Å². The van der Waals surface area contributed by atoms with Crippen molar-refractivity contribution in [2.45, 2.75) is 127 Å². The first-order valence-corrected chi connectivity index (χ1v) is 16.1. The van der Waals surface area contributed by atoms with Gasteiger partial charge < -0.3 is 0 Å². The maximum atomic E-state index is 12.9. The van der Waals surface area contributed by atoms with E-state index in [-0.39, 0.29) is 19.5 Å². The molecular formula is C24H46N4O4S2. The molecule has 0 aromatic rings. The molecule has 8 nitrogen and oxygen atoms in total. The molecule has 0 aromatic heterocycles. The summed E-state index contributed by atoms with van der Waals surface area (Å²) in [5.41, 5.74) is 0. The van der Waals surface area contributed by atoms with Crippen molar-refractivity contribution < 1.29 is 16.8 Å². The van der Waals surface area contributed by atoms with Crippen LogP contribution >= 0.6 is 0 Å². The van der Waals surface area contributed by atoms with Crippen molar-refractivity contribution >= 4 is 20.0 Å². The van der Waals surface area contributed by atoms with Gasteiger partial charge >= 0.3 is 0 Å². The van der Waals surface area contributed by atoms with E-state index in [2.05, 4.69) is 28.5 Å². The van der Waals surface area contributed by atoms with E-state index < -0.39 is 24.6 Å². The van der Waals surface area contributed by atoms with Crippen LogP contribution in [0.3, 0.4) is 0 Å². The van der Waals surface area contributed by atoms with E-state index in [1.807, 2.05) is 0 Å². The SMILES string of the molecule is CCCCCCCCCC(S(=O)(=O)NCCCCCCC#N)S(=O)(=O)NCCCCCCC#N. The van der Waals surface area contributed by atoms with Crippen LogP contribution in [0, 0.1) is 22.7 Å². The topological polar surface area (TPSA) is 140 Å². The summed E-state index contributed by atoms with van der Waals surface area (Å²) in [6, 6.07) is 4.18.